The number of piperazine rings is 1. The third-order valence-electron chi connectivity index (χ3n) is 5.92. The number of pyridine rings is 1. The summed E-state index contributed by atoms with van der Waals surface area (Å²) >= 11 is 0. The fraction of sp³-hybridized carbons (Fsp3) is 0.348. The van der Waals surface area contributed by atoms with E-state index in [1.807, 2.05) is 16.8 Å². The van der Waals surface area contributed by atoms with Crippen LogP contribution in [0.5, 0.6) is 0 Å². The summed E-state index contributed by atoms with van der Waals surface area (Å²) in [6.45, 7) is 7.63. The molecule has 1 aliphatic rings. The third-order valence-corrected chi connectivity index (χ3v) is 5.92. The van der Waals surface area contributed by atoms with Gasteiger partial charge in [0, 0.05) is 51.7 Å². The van der Waals surface area contributed by atoms with Crippen molar-refractivity contribution in [1.29, 1.82) is 0 Å². The summed E-state index contributed by atoms with van der Waals surface area (Å²) in [7, 11) is 0. The molecule has 5 rings (SSSR count). The number of hydrogen-bond acceptors (Lipinski definition) is 5. The Labute approximate surface area is 200 Å². The maximum Gasteiger partial charge on any atom is 0.123 e. The van der Waals surface area contributed by atoms with E-state index in [4.69, 9.17) is 0 Å². The Morgan fingerprint density at radius 2 is 1.59 bits per heavy atom. The van der Waals surface area contributed by atoms with Gasteiger partial charge in [-0.1, -0.05) is 12.1 Å². The van der Waals surface area contributed by atoms with E-state index >= 15 is 0 Å². The highest BCUT2D eigenvalue weighted by atomic mass is 35.5. The first-order chi connectivity index (χ1) is 14.8. The van der Waals surface area contributed by atoms with E-state index < -0.39 is 0 Å². The van der Waals surface area contributed by atoms with Gasteiger partial charge in [0.05, 0.1) is 16.9 Å². The molecule has 4 heterocycles. The van der Waals surface area contributed by atoms with Crippen molar-refractivity contribution < 1.29 is 0 Å². The van der Waals surface area contributed by atoms with Crippen LogP contribution in [0.2, 0.25) is 0 Å². The number of halogens is 2. The SMILES string of the molecule is Cl.Cl.c1ccc(CN2CCN(CCCn3ccc4ccc(-n5cnnc5)cc43)CC2)nc1. The van der Waals surface area contributed by atoms with Gasteiger partial charge in [0.15, 0.2) is 0 Å². The molecule has 0 saturated carbocycles. The van der Waals surface area contributed by atoms with E-state index in [0.717, 1.165) is 63.6 Å². The number of rotatable bonds is 7. The zero-order valence-corrected chi connectivity index (χ0v) is 19.6. The fourth-order valence-electron chi connectivity index (χ4n) is 4.22. The van der Waals surface area contributed by atoms with Crippen LogP contribution in [0, 0.1) is 0 Å². The first kappa shape index (κ1) is 24.2. The fourth-order valence-corrected chi connectivity index (χ4v) is 4.22. The molecule has 1 aromatic carbocycles. The Morgan fingerprint density at radius 1 is 0.812 bits per heavy atom. The summed E-state index contributed by atoms with van der Waals surface area (Å²) < 4.78 is 4.31. The van der Waals surface area contributed by atoms with Crippen molar-refractivity contribution in [2.75, 3.05) is 32.7 Å². The smallest absolute Gasteiger partial charge is 0.123 e. The maximum atomic E-state index is 4.45. The highest BCUT2D eigenvalue weighted by Crippen LogP contribution is 2.20. The second kappa shape index (κ2) is 11.4. The van der Waals surface area contributed by atoms with E-state index in [0.29, 0.717) is 0 Å². The molecular formula is C23H29Cl2N7. The molecule has 0 radical (unpaired) electrons. The van der Waals surface area contributed by atoms with Gasteiger partial charge in [0.2, 0.25) is 0 Å². The minimum atomic E-state index is 0. The van der Waals surface area contributed by atoms with Gasteiger partial charge in [-0.25, -0.2) is 0 Å². The lowest BCUT2D eigenvalue weighted by Crippen LogP contribution is -2.46. The Morgan fingerprint density at radius 3 is 2.34 bits per heavy atom. The van der Waals surface area contributed by atoms with E-state index in [9.17, 15) is 0 Å². The Kier molecular flexibility index (Phi) is 8.64. The molecule has 0 amide bonds. The minimum Gasteiger partial charge on any atom is -0.347 e. The molecule has 3 aromatic heterocycles. The van der Waals surface area contributed by atoms with Crippen molar-refractivity contribution in [3.8, 4) is 5.69 Å². The second-order valence-corrected chi connectivity index (χ2v) is 7.91. The van der Waals surface area contributed by atoms with Crippen LogP contribution in [0.1, 0.15) is 12.1 Å². The van der Waals surface area contributed by atoms with E-state index in [1.165, 1.54) is 10.9 Å². The molecule has 0 unspecified atom stereocenters. The molecule has 4 aromatic rings. The number of nitrogens with zero attached hydrogens (tertiary/aromatic N) is 7. The van der Waals surface area contributed by atoms with Gasteiger partial charge in [-0.15, -0.1) is 35.0 Å². The van der Waals surface area contributed by atoms with Gasteiger partial charge in [-0.3, -0.25) is 14.5 Å². The van der Waals surface area contributed by atoms with E-state index in [2.05, 4.69) is 72.1 Å². The predicted octanol–water partition coefficient (Wildman–Crippen LogP) is 3.67. The zero-order chi connectivity index (χ0) is 20.2. The number of aromatic nitrogens is 5. The molecule has 32 heavy (non-hydrogen) atoms. The average Bonchev–Trinajstić information content (AvgIpc) is 3.46. The third kappa shape index (κ3) is 5.66. The predicted molar refractivity (Wildman–Crippen MR) is 132 cm³/mol. The van der Waals surface area contributed by atoms with E-state index in [1.54, 1.807) is 12.7 Å². The lowest BCUT2D eigenvalue weighted by atomic mass is 10.2. The first-order valence-corrected chi connectivity index (χ1v) is 10.6. The maximum absolute atomic E-state index is 4.45. The molecule has 1 aliphatic heterocycles. The van der Waals surface area contributed by atoms with Crippen molar-refractivity contribution >= 4 is 35.7 Å². The highest BCUT2D eigenvalue weighted by Gasteiger charge is 2.17. The number of hydrogen-bond donors (Lipinski definition) is 0. The molecule has 1 saturated heterocycles. The van der Waals surface area contributed by atoms with Crippen LogP contribution in [0.3, 0.4) is 0 Å². The molecule has 0 N–H and O–H groups in total. The normalized spacial score (nSPS) is 14.8. The number of fused-ring (bicyclic) bond motifs is 1. The zero-order valence-electron chi connectivity index (χ0n) is 18.0. The molecule has 0 spiro atoms. The first-order valence-electron chi connectivity index (χ1n) is 10.6. The van der Waals surface area contributed by atoms with Crippen molar-refractivity contribution in [2.45, 2.75) is 19.5 Å². The summed E-state index contributed by atoms with van der Waals surface area (Å²) in [6.07, 6.45) is 8.71. The van der Waals surface area contributed by atoms with Crippen LogP contribution >= 0.6 is 24.8 Å². The highest BCUT2D eigenvalue weighted by molar-refractivity contribution is 5.85. The minimum absolute atomic E-state index is 0. The van der Waals surface area contributed by atoms with Crippen LogP contribution in [-0.2, 0) is 13.1 Å². The topological polar surface area (TPSA) is 55.0 Å². The lowest BCUT2D eigenvalue weighted by Gasteiger charge is -2.34. The monoisotopic (exact) mass is 473 g/mol. The van der Waals surface area contributed by atoms with Crippen molar-refractivity contribution in [3.05, 3.63) is 73.2 Å². The summed E-state index contributed by atoms with van der Waals surface area (Å²) in [5.41, 5.74) is 3.52. The van der Waals surface area contributed by atoms with Crippen molar-refractivity contribution in [3.63, 3.8) is 0 Å². The van der Waals surface area contributed by atoms with Gasteiger partial charge in [0.25, 0.3) is 0 Å². The van der Waals surface area contributed by atoms with Gasteiger partial charge in [0.1, 0.15) is 12.7 Å². The lowest BCUT2D eigenvalue weighted by molar-refractivity contribution is 0.124. The van der Waals surface area contributed by atoms with Gasteiger partial charge >= 0.3 is 0 Å². The molecule has 9 heteroatoms. The standard InChI is InChI=1S/C23H27N7.2ClH/c1-2-8-24-21(4-1)17-28-14-12-27(13-15-28)9-3-10-29-11-7-20-5-6-22(16-23(20)29)30-18-25-26-19-30;;/h1-2,4-8,11,16,18-19H,3,9-10,12-15,17H2;2*1H. The molecule has 7 nitrogen and oxygen atoms in total. The Balaban J connectivity index is 0.00000144. The molecular weight excluding hydrogens is 445 g/mol. The quantitative estimate of drug-likeness (QED) is 0.409. The van der Waals surface area contributed by atoms with Gasteiger partial charge < -0.3 is 9.47 Å². The van der Waals surface area contributed by atoms with Gasteiger partial charge in [-0.2, -0.15) is 0 Å². The second-order valence-electron chi connectivity index (χ2n) is 7.91. The van der Waals surface area contributed by atoms with Crippen LogP contribution in [-0.4, -0.2) is 66.8 Å². The summed E-state index contributed by atoms with van der Waals surface area (Å²) in [5, 5.41) is 9.10. The Bertz CT molecular complexity index is 1070. The summed E-state index contributed by atoms with van der Waals surface area (Å²) in [6, 6.07) is 14.9. The summed E-state index contributed by atoms with van der Waals surface area (Å²) in [5.74, 6) is 0. The van der Waals surface area contributed by atoms with Crippen LogP contribution in [0.25, 0.3) is 16.6 Å². The van der Waals surface area contributed by atoms with Crippen LogP contribution in [0.4, 0.5) is 0 Å². The van der Waals surface area contributed by atoms with Crippen molar-refractivity contribution in [1.82, 2.24) is 34.1 Å². The molecule has 1 fully saturated rings. The van der Waals surface area contributed by atoms with Crippen LogP contribution < -0.4 is 0 Å². The van der Waals surface area contributed by atoms with Crippen LogP contribution in [0.15, 0.2) is 67.5 Å². The van der Waals surface area contributed by atoms with Crippen molar-refractivity contribution in [2.24, 2.45) is 0 Å². The van der Waals surface area contributed by atoms with E-state index in [-0.39, 0.29) is 24.8 Å². The number of aryl methyl sites for hydroxylation is 1. The molecule has 0 bridgehead atoms. The molecule has 0 atom stereocenters. The van der Waals surface area contributed by atoms with Gasteiger partial charge in [-0.05, 0) is 48.7 Å². The average molecular weight is 474 g/mol. The molecule has 0 aliphatic carbocycles. The molecule has 170 valence electrons. The number of benzene rings is 1. The Hall–Kier alpha value is -2.45. The largest absolute Gasteiger partial charge is 0.347 e. The summed E-state index contributed by atoms with van der Waals surface area (Å²) in [4.78, 5) is 9.54.